The van der Waals surface area contributed by atoms with E-state index in [1.807, 2.05) is 30.4 Å². The molecule has 4 heteroatoms. The van der Waals surface area contributed by atoms with Crippen LogP contribution in [0, 0.1) is 5.92 Å². The first-order valence-corrected chi connectivity index (χ1v) is 5.52. The molecule has 1 heterocycles. The second-order valence-corrected chi connectivity index (χ2v) is 4.01. The highest BCUT2D eigenvalue weighted by Gasteiger charge is 2.30. The maximum Gasteiger partial charge on any atom is 0.343 e. The van der Waals surface area contributed by atoms with Crippen molar-refractivity contribution in [2.75, 3.05) is 6.54 Å². The highest BCUT2D eigenvalue weighted by atomic mass is 16.5. The molecule has 1 aromatic rings. The van der Waals surface area contributed by atoms with E-state index in [0.29, 0.717) is 11.3 Å². The van der Waals surface area contributed by atoms with E-state index < -0.39 is 0 Å². The molecule has 2 aliphatic rings. The minimum absolute atomic E-state index is 0.141. The molecule has 1 aliphatic carbocycles. The first-order chi connectivity index (χ1) is 8.34. The highest BCUT2D eigenvalue weighted by molar-refractivity contribution is 5.90. The largest absolute Gasteiger partial charge is 0.427 e. The molecule has 1 atom stereocenters. The third-order valence-electron chi connectivity index (χ3n) is 2.90. The normalized spacial score (nSPS) is 21.3. The number of ether oxygens (including phenoxy) is 1. The lowest BCUT2D eigenvalue weighted by molar-refractivity contribution is 0.0602. The molecular weight excluding hydrogens is 216 g/mol. The number of esters is 1. The molecule has 1 unspecified atom stereocenters. The monoisotopic (exact) mass is 228 g/mol. The van der Waals surface area contributed by atoms with E-state index in [2.05, 4.69) is 10.9 Å². The van der Waals surface area contributed by atoms with Gasteiger partial charge in [0.05, 0.1) is 11.5 Å². The van der Waals surface area contributed by atoms with E-state index in [9.17, 15) is 4.79 Å². The molecule has 1 aliphatic heterocycles. The minimum Gasteiger partial charge on any atom is -0.427 e. The van der Waals surface area contributed by atoms with Crippen LogP contribution in [0.5, 0.6) is 0 Å². The molecule has 0 saturated carbocycles. The van der Waals surface area contributed by atoms with Crippen LogP contribution < -0.4 is 10.9 Å². The van der Waals surface area contributed by atoms with E-state index in [0.717, 1.165) is 12.2 Å². The molecule has 1 saturated heterocycles. The summed E-state index contributed by atoms with van der Waals surface area (Å²) in [4.78, 5) is 11.9. The van der Waals surface area contributed by atoms with E-state index in [1.54, 1.807) is 12.1 Å². The van der Waals surface area contributed by atoms with Crippen LogP contribution in [0.1, 0.15) is 10.4 Å². The smallest absolute Gasteiger partial charge is 0.343 e. The Balaban J connectivity index is 1.71. The van der Waals surface area contributed by atoms with Crippen molar-refractivity contribution >= 4 is 5.97 Å². The van der Waals surface area contributed by atoms with Gasteiger partial charge in [0, 0.05) is 12.2 Å². The summed E-state index contributed by atoms with van der Waals surface area (Å²) >= 11 is 0. The number of hydrazine groups is 1. The van der Waals surface area contributed by atoms with Gasteiger partial charge in [0.15, 0.2) is 0 Å². The van der Waals surface area contributed by atoms with Crippen molar-refractivity contribution in [3.8, 4) is 0 Å². The Morgan fingerprint density at radius 1 is 1.24 bits per heavy atom. The number of allylic oxidation sites excluding steroid dienone is 2. The van der Waals surface area contributed by atoms with Crippen molar-refractivity contribution in [2.24, 2.45) is 5.92 Å². The molecule has 0 aromatic heterocycles. The molecular formula is C13H12N2O2. The standard InChI is InChI=1S/C13H12N2O2/c16-13(9-4-2-1-3-5-9)17-12-7-6-11-10(12)8-14-15-11/h1-7,10,14-15H,8H2. The SMILES string of the molecule is O=C(OC1=CC=C2NNCC21)c1ccccc1. The molecule has 17 heavy (non-hydrogen) atoms. The zero-order chi connectivity index (χ0) is 11.7. The third-order valence-corrected chi connectivity index (χ3v) is 2.90. The Morgan fingerprint density at radius 2 is 2.06 bits per heavy atom. The van der Waals surface area contributed by atoms with Crippen molar-refractivity contribution in [1.82, 2.24) is 10.9 Å². The summed E-state index contributed by atoms with van der Waals surface area (Å²) in [6.45, 7) is 0.750. The van der Waals surface area contributed by atoms with Crippen LogP contribution in [0.15, 0.2) is 53.9 Å². The fourth-order valence-corrected chi connectivity index (χ4v) is 2.00. The van der Waals surface area contributed by atoms with Gasteiger partial charge < -0.3 is 10.2 Å². The van der Waals surface area contributed by atoms with Crippen molar-refractivity contribution in [1.29, 1.82) is 0 Å². The number of carbonyl (C=O) groups excluding carboxylic acids is 1. The Kier molecular flexibility index (Phi) is 2.42. The van der Waals surface area contributed by atoms with E-state index >= 15 is 0 Å². The quantitative estimate of drug-likeness (QED) is 0.750. The summed E-state index contributed by atoms with van der Waals surface area (Å²) in [7, 11) is 0. The van der Waals surface area contributed by atoms with E-state index in [1.165, 1.54) is 0 Å². The predicted molar refractivity (Wildman–Crippen MR) is 62.7 cm³/mol. The van der Waals surface area contributed by atoms with Gasteiger partial charge >= 0.3 is 5.97 Å². The van der Waals surface area contributed by atoms with Crippen molar-refractivity contribution < 1.29 is 9.53 Å². The van der Waals surface area contributed by atoms with E-state index in [4.69, 9.17) is 4.74 Å². The van der Waals surface area contributed by atoms with Crippen molar-refractivity contribution in [3.63, 3.8) is 0 Å². The Labute approximate surface area is 98.9 Å². The lowest BCUT2D eigenvalue weighted by Crippen LogP contribution is -2.20. The predicted octanol–water partition coefficient (Wildman–Crippen LogP) is 1.35. The molecule has 86 valence electrons. The number of fused-ring (bicyclic) bond motifs is 1. The van der Waals surface area contributed by atoms with Crippen LogP contribution in [0.4, 0.5) is 0 Å². The van der Waals surface area contributed by atoms with Gasteiger partial charge in [-0.05, 0) is 24.3 Å². The third kappa shape index (κ3) is 1.83. The van der Waals surface area contributed by atoms with Gasteiger partial charge in [-0.25, -0.2) is 10.2 Å². The lowest BCUT2D eigenvalue weighted by atomic mass is 10.1. The average molecular weight is 228 g/mol. The maximum atomic E-state index is 11.9. The summed E-state index contributed by atoms with van der Waals surface area (Å²) in [5, 5.41) is 0. The summed E-state index contributed by atoms with van der Waals surface area (Å²) in [5.74, 6) is 0.535. The van der Waals surface area contributed by atoms with Crippen LogP contribution in [0.25, 0.3) is 0 Å². The van der Waals surface area contributed by atoms with Crippen LogP contribution in [-0.4, -0.2) is 12.5 Å². The summed E-state index contributed by atoms with van der Waals surface area (Å²) < 4.78 is 5.40. The summed E-state index contributed by atoms with van der Waals surface area (Å²) in [5.41, 5.74) is 7.67. The molecule has 1 fully saturated rings. The fraction of sp³-hybridized carbons (Fsp3) is 0.154. The van der Waals surface area contributed by atoms with Gasteiger partial charge in [-0.15, -0.1) is 0 Å². The number of hydrogen-bond donors (Lipinski definition) is 2. The second kappa shape index (κ2) is 4.07. The van der Waals surface area contributed by atoms with Crippen LogP contribution in [0.3, 0.4) is 0 Å². The van der Waals surface area contributed by atoms with Crippen LogP contribution in [-0.2, 0) is 4.74 Å². The van der Waals surface area contributed by atoms with Gasteiger partial charge in [-0.3, -0.25) is 0 Å². The van der Waals surface area contributed by atoms with Gasteiger partial charge in [-0.2, -0.15) is 0 Å². The lowest BCUT2D eigenvalue weighted by Gasteiger charge is -2.10. The van der Waals surface area contributed by atoms with Gasteiger partial charge in [-0.1, -0.05) is 18.2 Å². The van der Waals surface area contributed by atoms with Crippen LogP contribution in [0.2, 0.25) is 0 Å². The topological polar surface area (TPSA) is 50.4 Å². The maximum absolute atomic E-state index is 11.9. The number of hydrogen-bond acceptors (Lipinski definition) is 4. The zero-order valence-electron chi connectivity index (χ0n) is 9.14. The number of nitrogens with one attached hydrogen (secondary N) is 2. The Hall–Kier alpha value is -2.07. The number of rotatable bonds is 2. The number of benzene rings is 1. The zero-order valence-corrected chi connectivity index (χ0v) is 9.14. The van der Waals surface area contributed by atoms with Crippen molar-refractivity contribution in [2.45, 2.75) is 0 Å². The Morgan fingerprint density at radius 3 is 2.88 bits per heavy atom. The van der Waals surface area contributed by atoms with Crippen LogP contribution >= 0.6 is 0 Å². The first kappa shape index (κ1) is 10.1. The molecule has 4 nitrogen and oxygen atoms in total. The van der Waals surface area contributed by atoms with Gasteiger partial charge in [0.2, 0.25) is 0 Å². The van der Waals surface area contributed by atoms with Gasteiger partial charge in [0.1, 0.15) is 5.76 Å². The molecule has 0 radical (unpaired) electrons. The Bertz CT molecular complexity index is 505. The molecule has 0 bridgehead atoms. The summed E-state index contributed by atoms with van der Waals surface area (Å²) in [6.07, 6.45) is 3.77. The summed E-state index contributed by atoms with van der Waals surface area (Å²) in [6, 6.07) is 9.01. The first-order valence-electron chi connectivity index (χ1n) is 5.52. The molecule has 3 rings (SSSR count). The molecule has 0 spiro atoms. The molecule has 1 aromatic carbocycles. The highest BCUT2D eigenvalue weighted by Crippen LogP contribution is 2.28. The average Bonchev–Trinajstić information content (AvgIpc) is 2.95. The molecule has 0 amide bonds. The van der Waals surface area contributed by atoms with E-state index in [-0.39, 0.29) is 11.9 Å². The number of carbonyl (C=O) groups is 1. The molecule has 2 N–H and O–H groups in total. The minimum atomic E-state index is -0.307. The van der Waals surface area contributed by atoms with Gasteiger partial charge in [0.25, 0.3) is 0 Å². The fourth-order valence-electron chi connectivity index (χ4n) is 2.00. The van der Waals surface area contributed by atoms with Crippen molar-refractivity contribution in [3.05, 3.63) is 59.5 Å². The second-order valence-electron chi connectivity index (χ2n) is 4.01.